The number of nitrogens with zero attached hydrogens (tertiary/aromatic N) is 1. The summed E-state index contributed by atoms with van der Waals surface area (Å²) in [6, 6.07) is 7.70. The van der Waals surface area contributed by atoms with Crippen LogP contribution in [0.1, 0.15) is 22.6 Å². The monoisotopic (exact) mass is 398 g/mol. The van der Waals surface area contributed by atoms with Crippen LogP contribution in [0.4, 0.5) is 5.13 Å². The van der Waals surface area contributed by atoms with Crippen molar-refractivity contribution in [1.29, 1.82) is 0 Å². The van der Waals surface area contributed by atoms with E-state index in [9.17, 15) is 9.59 Å². The quantitative estimate of drug-likeness (QED) is 0.539. The van der Waals surface area contributed by atoms with E-state index >= 15 is 0 Å². The number of aromatic nitrogens is 1. The van der Waals surface area contributed by atoms with Crippen LogP contribution in [0, 0.1) is 6.92 Å². The van der Waals surface area contributed by atoms with E-state index in [0.717, 1.165) is 21.2 Å². The van der Waals surface area contributed by atoms with Gasteiger partial charge in [0.1, 0.15) is 0 Å². The Hall–Kier alpha value is -1.57. The molecule has 8 heteroatoms. The van der Waals surface area contributed by atoms with Crippen LogP contribution in [0.2, 0.25) is 5.02 Å². The summed E-state index contributed by atoms with van der Waals surface area (Å²) in [5.41, 5.74) is 1.92. The molecule has 1 aromatic heterocycles. The minimum absolute atomic E-state index is 0.115. The first-order valence-corrected chi connectivity index (χ1v) is 9.98. The number of ether oxygens (including phenoxy) is 1. The average molecular weight is 399 g/mol. The number of methoxy groups -OCH3 is 1. The van der Waals surface area contributed by atoms with Gasteiger partial charge in [-0.25, -0.2) is 4.98 Å². The molecular weight excluding hydrogens is 380 g/mol. The molecule has 2 rings (SSSR count). The van der Waals surface area contributed by atoms with Crippen molar-refractivity contribution < 1.29 is 14.3 Å². The highest BCUT2D eigenvalue weighted by Crippen LogP contribution is 2.27. The zero-order valence-electron chi connectivity index (χ0n) is 14.0. The van der Waals surface area contributed by atoms with E-state index in [2.05, 4.69) is 15.0 Å². The summed E-state index contributed by atoms with van der Waals surface area (Å²) >= 11 is 9.03. The molecule has 0 spiro atoms. The molecule has 0 radical (unpaired) electrons. The molecule has 25 heavy (non-hydrogen) atoms. The maximum atomic E-state index is 12.0. The Morgan fingerprint density at radius 1 is 1.36 bits per heavy atom. The van der Waals surface area contributed by atoms with Gasteiger partial charge in [-0.2, -0.15) is 0 Å². The van der Waals surface area contributed by atoms with Gasteiger partial charge in [0.05, 0.1) is 18.6 Å². The third-order valence-electron chi connectivity index (χ3n) is 3.37. The summed E-state index contributed by atoms with van der Waals surface area (Å²) in [6.07, 6.45) is 1.01. The van der Waals surface area contributed by atoms with Gasteiger partial charge in [-0.3, -0.25) is 9.59 Å². The number of benzene rings is 1. The van der Waals surface area contributed by atoms with Gasteiger partial charge in [-0.15, -0.1) is 23.1 Å². The van der Waals surface area contributed by atoms with Crippen molar-refractivity contribution in [2.45, 2.75) is 19.8 Å². The molecule has 0 aliphatic rings. The second-order valence-corrected chi connectivity index (χ2v) is 7.82. The number of nitrogens with one attached hydrogen (secondary N) is 1. The molecule has 0 aliphatic heterocycles. The van der Waals surface area contributed by atoms with Crippen LogP contribution < -0.4 is 5.32 Å². The fourth-order valence-electron chi connectivity index (χ4n) is 2.02. The Morgan fingerprint density at radius 3 is 2.84 bits per heavy atom. The SMILES string of the molecule is COC(=O)CSCCC(=O)Nc1nc(C)c(Cc2ccccc2Cl)s1. The number of thiazole rings is 1. The molecular formula is C17H19ClN2O3S2. The molecule has 0 aliphatic carbocycles. The number of carbonyl (C=O) groups is 2. The predicted octanol–water partition coefficient (Wildman–Crippen LogP) is 3.93. The highest BCUT2D eigenvalue weighted by Gasteiger charge is 2.12. The normalized spacial score (nSPS) is 10.5. The van der Waals surface area contributed by atoms with E-state index in [1.807, 2.05) is 31.2 Å². The zero-order valence-corrected chi connectivity index (χ0v) is 16.4. The fraction of sp³-hybridized carbons (Fsp3) is 0.353. The molecule has 0 atom stereocenters. The second-order valence-electron chi connectivity index (χ2n) is 5.22. The highest BCUT2D eigenvalue weighted by molar-refractivity contribution is 7.99. The number of rotatable bonds is 8. The Labute approximate surface area is 160 Å². The van der Waals surface area contributed by atoms with Crippen molar-refractivity contribution in [3.8, 4) is 0 Å². The van der Waals surface area contributed by atoms with Gasteiger partial charge in [-0.1, -0.05) is 29.8 Å². The van der Waals surface area contributed by atoms with Gasteiger partial charge < -0.3 is 10.1 Å². The number of halogens is 1. The number of esters is 1. The molecule has 0 saturated heterocycles. The smallest absolute Gasteiger partial charge is 0.315 e. The zero-order chi connectivity index (χ0) is 18.2. The minimum Gasteiger partial charge on any atom is -0.468 e. The number of anilines is 1. The molecule has 5 nitrogen and oxygen atoms in total. The van der Waals surface area contributed by atoms with Crippen molar-refractivity contribution in [1.82, 2.24) is 4.98 Å². The number of hydrogen-bond donors (Lipinski definition) is 1. The maximum Gasteiger partial charge on any atom is 0.315 e. The molecule has 2 aromatic rings. The van der Waals surface area contributed by atoms with Crippen LogP contribution in [0.5, 0.6) is 0 Å². The third-order valence-corrected chi connectivity index (χ3v) is 5.74. The summed E-state index contributed by atoms with van der Waals surface area (Å²) in [7, 11) is 1.35. The van der Waals surface area contributed by atoms with Crippen molar-refractivity contribution in [2.75, 3.05) is 23.9 Å². The highest BCUT2D eigenvalue weighted by atomic mass is 35.5. The Morgan fingerprint density at radius 2 is 2.12 bits per heavy atom. The van der Waals surface area contributed by atoms with Crippen LogP contribution in [-0.4, -0.2) is 35.5 Å². The van der Waals surface area contributed by atoms with Crippen molar-refractivity contribution in [3.63, 3.8) is 0 Å². The summed E-state index contributed by atoms with van der Waals surface area (Å²) in [6.45, 7) is 1.92. The first-order valence-electron chi connectivity index (χ1n) is 7.63. The topological polar surface area (TPSA) is 68.3 Å². The summed E-state index contributed by atoms with van der Waals surface area (Å²) in [5, 5.41) is 4.12. The van der Waals surface area contributed by atoms with Gasteiger partial charge in [0, 0.05) is 28.5 Å². The molecule has 1 amide bonds. The Balaban J connectivity index is 1.86. The lowest BCUT2D eigenvalue weighted by atomic mass is 10.1. The minimum atomic E-state index is -0.287. The van der Waals surface area contributed by atoms with Crippen molar-refractivity contribution in [3.05, 3.63) is 45.4 Å². The maximum absolute atomic E-state index is 12.0. The predicted molar refractivity (Wildman–Crippen MR) is 104 cm³/mol. The molecule has 0 unspecified atom stereocenters. The van der Waals surface area contributed by atoms with Crippen LogP contribution >= 0.6 is 34.7 Å². The van der Waals surface area contributed by atoms with Crippen LogP contribution in [0.15, 0.2) is 24.3 Å². The van der Waals surface area contributed by atoms with Crippen LogP contribution in [0.25, 0.3) is 0 Å². The third kappa shape index (κ3) is 6.34. The van der Waals surface area contributed by atoms with Gasteiger partial charge in [0.2, 0.25) is 5.91 Å². The van der Waals surface area contributed by atoms with Crippen LogP contribution in [0.3, 0.4) is 0 Å². The average Bonchev–Trinajstić information content (AvgIpc) is 2.92. The van der Waals surface area contributed by atoms with E-state index in [1.165, 1.54) is 30.2 Å². The fourth-order valence-corrected chi connectivity index (χ4v) is 3.98. The second kappa shape index (κ2) is 9.79. The number of aryl methyl sites for hydroxylation is 1. The van der Waals surface area contributed by atoms with Crippen molar-refractivity contribution in [2.24, 2.45) is 0 Å². The van der Waals surface area contributed by atoms with Crippen LogP contribution in [-0.2, 0) is 20.7 Å². The molecule has 1 heterocycles. The largest absolute Gasteiger partial charge is 0.468 e. The summed E-state index contributed by atoms with van der Waals surface area (Å²) in [4.78, 5) is 28.4. The Bertz CT molecular complexity index is 749. The molecule has 0 fully saturated rings. The Kier molecular flexibility index (Phi) is 7.74. The number of hydrogen-bond acceptors (Lipinski definition) is 6. The van der Waals surface area contributed by atoms with E-state index in [-0.39, 0.29) is 17.6 Å². The molecule has 134 valence electrons. The molecule has 0 saturated carbocycles. The molecule has 1 aromatic carbocycles. The van der Waals surface area contributed by atoms with Gasteiger partial charge in [-0.05, 0) is 18.6 Å². The first-order chi connectivity index (χ1) is 12.0. The van der Waals surface area contributed by atoms with Gasteiger partial charge >= 0.3 is 5.97 Å². The van der Waals surface area contributed by atoms with E-state index < -0.39 is 0 Å². The summed E-state index contributed by atoms with van der Waals surface area (Å²) in [5.74, 6) is 0.403. The van der Waals surface area contributed by atoms with Gasteiger partial charge in [0.25, 0.3) is 0 Å². The number of amides is 1. The molecule has 1 N–H and O–H groups in total. The summed E-state index contributed by atoms with van der Waals surface area (Å²) < 4.78 is 4.55. The number of thioether (sulfide) groups is 1. The lowest BCUT2D eigenvalue weighted by Crippen LogP contribution is -2.13. The first kappa shape index (κ1) is 19.8. The van der Waals surface area contributed by atoms with E-state index in [1.54, 1.807) is 0 Å². The molecule has 0 bridgehead atoms. The van der Waals surface area contributed by atoms with Gasteiger partial charge in [0.15, 0.2) is 5.13 Å². The standard InChI is InChI=1S/C17H19ClN2O3S2/c1-11-14(9-12-5-3-4-6-13(12)18)25-17(19-11)20-15(21)7-8-24-10-16(22)23-2/h3-6H,7-10H2,1-2H3,(H,19,20,21). The number of carbonyl (C=O) groups excluding carboxylic acids is 2. The van der Waals surface area contributed by atoms with E-state index in [0.29, 0.717) is 23.7 Å². The van der Waals surface area contributed by atoms with E-state index in [4.69, 9.17) is 11.6 Å². The lowest BCUT2D eigenvalue weighted by Gasteiger charge is -2.02. The van der Waals surface area contributed by atoms with Crippen molar-refractivity contribution >= 4 is 51.7 Å². The lowest BCUT2D eigenvalue weighted by molar-refractivity contribution is -0.137.